The summed E-state index contributed by atoms with van der Waals surface area (Å²) >= 11 is 0. The monoisotopic (exact) mass is 256 g/mol. The van der Waals surface area contributed by atoms with Crippen molar-refractivity contribution in [3.05, 3.63) is 53.3 Å². The van der Waals surface area contributed by atoms with Gasteiger partial charge in [-0.25, -0.2) is 4.79 Å². The van der Waals surface area contributed by atoms with Gasteiger partial charge in [-0.3, -0.25) is 4.79 Å². The zero-order valence-electron chi connectivity index (χ0n) is 10.2. The minimum Gasteiger partial charge on any atom is -0.434 e. The lowest BCUT2D eigenvalue weighted by atomic mass is 9.87. The van der Waals surface area contributed by atoms with E-state index in [1.165, 1.54) is 6.26 Å². The van der Waals surface area contributed by atoms with Crippen molar-refractivity contribution in [1.82, 2.24) is 0 Å². The van der Waals surface area contributed by atoms with Gasteiger partial charge in [0.05, 0.1) is 11.8 Å². The van der Waals surface area contributed by atoms with Crippen LogP contribution in [0.15, 0.2) is 41.0 Å². The predicted octanol–water partition coefficient (Wildman–Crippen LogP) is 2.56. The van der Waals surface area contributed by atoms with Gasteiger partial charge in [0.1, 0.15) is 5.78 Å². The third-order valence-corrected chi connectivity index (χ3v) is 3.23. The quantitative estimate of drug-likeness (QED) is 0.775. The van der Waals surface area contributed by atoms with Gasteiger partial charge in [-0.1, -0.05) is 12.1 Å². The summed E-state index contributed by atoms with van der Waals surface area (Å²) in [6, 6.07) is 8.66. The van der Waals surface area contributed by atoms with Crippen molar-refractivity contribution >= 4 is 11.8 Å². The Bertz CT molecular complexity index is 626. The first-order valence-corrected chi connectivity index (χ1v) is 6.12. The van der Waals surface area contributed by atoms with E-state index in [4.69, 9.17) is 9.15 Å². The van der Waals surface area contributed by atoms with E-state index < -0.39 is 5.97 Å². The van der Waals surface area contributed by atoms with E-state index in [1.54, 1.807) is 18.2 Å². The van der Waals surface area contributed by atoms with Crippen molar-refractivity contribution in [3.63, 3.8) is 0 Å². The Kier molecular flexibility index (Phi) is 2.91. The fourth-order valence-corrected chi connectivity index (χ4v) is 2.30. The standard InChI is InChI=1S/C15H12O4/c16-11-7-6-10-3-1-4-12(13(10)9-11)15(17)19-14-5-2-8-18-14/h1-5,8H,6-7,9H2. The number of esters is 1. The Hall–Kier alpha value is -2.36. The maximum atomic E-state index is 12.1. The Morgan fingerprint density at radius 1 is 1.16 bits per heavy atom. The van der Waals surface area contributed by atoms with Crippen LogP contribution in [0.4, 0.5) is 0 Å². The van der Waals surface area contributed by atoms with Crippen LogP contribution < -0.4 is 4.74 Å². The van der Waals surface area contributed by atoms with E-state index in [0.29, 0.717) is 24.8 Å². The lowest BCUT2D eigenvalue weighted by molar-refractivity contribution is -0.118. The van der Waals surface area contributed by atoms with Gasteiger partial charge in [-0.2, -0.15) is 0 Å². The van der Waals surface area contributed by atoms with Gasteiger partial charge in [-0.05, 0) is 29.7 Å². The Labute approximate surface area is 110 Å². The third-order valence-electron chi connectivity index (χ3n) is 3.23. The second kappa shape index (κ2) is 4.72. The number of carbonyl (C=O) groups excluding carboxylic acids is 2. The maximum absolute atomic E-state index is 12.1. The first kappa shape index (κ1) is 11.7. The molecule has 0 saturated carbocycles. The SMILES string of the molecule is O=C1CCc2cccc(C(=O)Oc3ccco3)c2C1. The molecule has 0 amide bonds. The van der Waals surface area contributed by atoms with Crippen LogP contribution in [-0.2, 0) is 17.6 Å². The van der Waals surface area contributed by atoms with Gasteiger partial charge in [0.15, 0.2) is 0 Å². The molecule has 4 heteroatoms. The topological polar surface area (TPSA) is 56.5 Å². The molecule has 0 fully saturated rings. The molecule has 2 aromatic rings. The van der Waals surface area contributed by atoms with Crippen molar-refractivity contribution in [2.24, 2.45) is 0 Å². The van der Waals surface area contributed by atoms with Crippen LogP contribution in [0.1, 0.15) is 27.9 Å². The Balaban J connectivity index is 1.92. The summed E-state index contributed by atoms with van der Waals surface area (Å²) < 4.78 is 10.1. The summed E-state index contributed by atoms with van der Waals surface area (Å²) in [4.78, 5) is 23.6. The number of fused-ring (bicyclic) bond motifs is 1. The van der Waals surface area contributed by atoms with Gasteiger partial charge < -0.3 is 9.15 Å². The molecular weight excluding hydrogens is 244 g/mol. The fraction of sp³-hybridized carbons (Fsp3) is 0.200. The van der Waals surface area contributed by atoms with Crippen LogP contribution in [0.3, 0.4) is 0 Å². The molecule has 0 spiro atoms. The van der Waals surface area contributed by atoms with Crippen molar-refractivity contribution in [3.8, 4) is 5.95 Å². The number of hydrogen-bond acceptors (Lipinski definition) is 4. The molecule has 0 atom stereocenters. The van der Waals surface area contributed by atoms with Gasteiger partial charge in [-0.15, -0.1) is 0 Å². The van der Waals surface area contributed by atoms with E-state index in [0.717, 1.165) is 11.1 Å². The van der Waals surface area contributed by atoms with Gasteiger partial charge >= 0.3 is 5.97 Å². The summed E-state index contributed by atoms with van der Waals surface area (Å²) in [6.07, 6.45) is 2.98. The van der Waals surface area contributed by atoms with Gasteiger partial charge in [0, 0.05) is 18.9 Å². The van der Waals surface area contributed by atoms with Crippen LogP contribution in [-0.4, -0.2) is 11.8 Å². The van der Waals surface area contributed by atoms with Gasteiger partial charge in [0.25, 0.3) is 5.95 Å². The van der Waals surface area contributed by atoms with E-state index >= 15 is 0 Å². The number of carbonyl (C=O) groups is 2. The smallest absolute Gasteiger partial charge is 0.346 e. The highest BCUT2D eigenvalue weighted by Crippen LogP contribution is 2.24. The van der Waals surface area contributed by atoms with Gasteiger partial charge in [0.2, 0.25) is 0 Å². The average molecular weight is 256 g/mol. The second-order valence-corrected chi connectivity index (χ2v) is 4.48. The van der Waals surface area contributed by atoms with E-state index in [1.807, 2.05) is 12.1 Å². The van der Waals surface area contributed by atoms with Crippen LogP contribution in [0, 0.1) is 0 Å². The molecule has 0 aliphatic heterocycles. The number of rotatable bonds is 2. The zero-order valence-corrected chi connectivity index (χ0v) is 10.2. The summed E-state index contributed by atoms with van der Waals surface area (Å²) in [6.45, 7) is 0. The van der Waals surface area contributed by atoms with Crippen molar-refractivity contribution in [1.29, 1.82) is 0 Å². The maximum Gasteiger partial charge on any atom is 0.346 e. The molecule has 0 saturated heterocycles. The molecule has 1 aliphatic rings. The second-order valence-electron chi connectivity index (χ2n) is 4.48. The number of ether oxygens (including phenoxy) is 1. The molecule has 0 bridgehead atoms. The number of Topliss-reactive ketones (excluding diaryl/α,β-unsaturated/α-hetero) is 1. The minimum atomic E-state index is -0.485. The summed E-state index contributed by atoms with van der Waals surface area (Å²) in [5.74, 6) is -0.169. The normalized spacial score (nSPS) is 14.0. The number of benzene rings is 1. The first-order valence-electron chi connectivity index (χ1n) is 6.12. The molecule has 1 aromatic heterocycles. The van der Waals surface area contributed by atoms with Crippen LogP contribution in [0.2, 0.25) is 0 Å². The molecule has 0 radical (unpaired) electrons. The Morgan fingerprint density at radius 2 is 2.05 bits per heavy atom. The highest BCUT2D eigenvalue weighted by Gasteiger charge is 2.22. The molecule has 19 heavy (non-hydrogen) atoms. The molecular formula is C15H12O4. The average Bonchev–Trinajstić information content (AvgIpc) is 2.90. The number of ketones is 1. The van der Waals surface area contributed by atoms with E-state index in [-0.39, 0.29) is 11.7 Å². The van der Waals surface area contributed by atoms with Crippen LogP contribution in [0.25, 0.3) is 0 Å². The van der Waals surface area contributed by atoms with E-state index in [2.05, 4.69) is 0 Å². The number of furan rings is 1. The lowest BCUT2D eigenvalue weighted by Gasteiger charge is -2.17. The first-order chi connectivity index (χ1) is 9.24. The van der Waals surface area contributed by atoms with Crippen molar-refractivity contribution in [2.75, 3.05) is 0 Å². The summed E-state index contributed by atoms with van der Waals surface area (Å²) in [7, 11) is 0. The van der Waals surface area contributed by atoms with Crippen molar-refractivity contribution in [2.45, 2.75) is 19.3 Å². The Morgan fingerprint density at radius 3 is 2.84 bits per heavy atom. The largest absolute Gasteiger partial charge is 0.434 e. The molecule has 4 nitrogen and oxygen atoms in total. The molecule has 1 aliphatic carbocycles. The third kappa shape index (κ3) is 2.29. The van der Waals surface area contributed by atoms with E-state index in [9.17, 15) is 9.59 Å². The molecule has 96 valence electrons. The molecule has 3 rings (SSSR count). The fourth-order valence-electron chi connectivity index (χ4n) is 2.30. The molecule has 1 heterocycles. The van der Waals surface area contributed by atoms with Crippen LogP contribution in [0.5, 0.6) is 5.95 Å². The zero-order chi connectivity index (χ0) is 13.2. The minimum absolute atomic E-state index is 0.157. The summed E-state index contributed by atoms with van der Waals surface area (Å²) in [5, 5.41) is 0. The van der Waals surface area contributed by atoms with Crippen LogP contribution >= 0.6 is 0 Å². The highest BCUT2D eigenvalue weighted by molar-refractivity contribution is 5.95. The molecule has 0 unspecified atom stereocenters. The number of aryl methyl sites for hydroxylation is 1. The molecule has 1 aromatic carbocycles. The lowest BCUT2D eigenvalue weighted by Crippen LogP contribution is -2.19. The molecule has 0 N–H and O–H groups in total. The summed E-state index contributed by atoms with van der Waals surface area (Å²) in [5.41, 5.74) is 2.28. The van der Waals surface area contributed by atoms with Crippen molar-refractivity contribution < 1.29 is 18.7 Å². The number of hydrogen-bond donors (Lipinski definition) is 0. The highest BCUT2D eigenvalue weighted by atomic mass is 16.6. The predicted molar refractivity (Wildman–Crippen MR) is 67.1 cm³/mol.